The molecule has 0 N–H and O–H groups in total. The molecule has 2 aromatic carbocycles. The number of thioether (sulfide) groups is 1. The van der Waals surface area contributed by atoms with Crippen molar-refractivity contribution in [1.29, 1.82) is 0 Å². The molecule has 0 atom stereocenters. The third-order valence-corrected chi connectivity index (χ3v) is 4.43. The standard InChI is InChI=1S/C19H17FN2O2S/c1-2-24-18(23)13-25-19-21-12-17(14-6-4-3-5-7-14)22(19)16-10-8-15(20)9-11-16/h3-12H,2,13H2,1H3. The first-order valence-corrected chi connectivity index (χ1v) is 8.85. The summed E-state index contributed by atoms with van der Waals surface area (Å²) in [5, 5.41) is 0.651. The Hall–Kier alpha value is -2.60. The number of hydrogen-bond donors (Lipinski definition) is 0. The molecule has 0 amide bonds. The first-order chi connectivity index (χ1) is 12.2. The van der Waals surface area contributed by atoms with Gasteiger partial charge in [-0.25, -0.2) is 9.37 Å². The van der Waals surface area contributed by atoms with Crippen LogP contribution in [0.5, 0.6) is 0 Å². The Morgan fingerprint density at radius 3 is 2.56 bits per heavy atom. The summed E-state index contributed by atoms with van der Waals surface area (Å²) in [6, 6.07) is 16.0. The van der Waals surface area contributed by atoms with Crippen LogP contribution in [0.4, 0.5) is 4.39 Å². The zero-order valence-corrected chi connectivity index (χ0v) is 14.5. The van der Waals surface area contributed by atoms with Gasteiger partial charge < -0.3 is 4.74 Å². The summed E-state index contributed by atoms with van der Waals surface area (Å²) in [5.41, 5.74) is 2.64. The first kappa shape index (κ1) is 17.2. The number of halogens is 1. The van der Waals surface area contributed by atoms with E-state index in [-0.39, 0.29) is 17.5 Å². The number of benzene rings is 2. The Kier molecular flexibility index (Phi) is 5.50. The van der Waals surface area contributed by atoms with Crippen LogP contribution in [-0.4, -0.2) is 27.9 Å². The lowest BCUT2D eigenvalue weighted by molar-refractivity contribution is -0.139. The van der Waals surface area contributed by atoms with Crippen molar-refractivity contribution < 1.29 is 13.9 Å². The summed E-state index contributed by atoms with van der Waals surface area (Å²) in [6.07, 6.45) is 1.76. The molecule has 3 rings (SSSR count). The van der Waals surface area contributed by atoms with E-state index in [2.05, 4.69) is 4.98 Å². The third-order valence-electron chi connectivity index (χ3n) is 3.51. The van der Waals surface area contributed by atoms with Gasteiger partial charge in [-0.3, -0.25) is 9.36 Å². The molecule has 0 unspecified atom stereocenters. The van der Waals surface area contributed by atoms with Crippen LogP contribution < -0.4 is 0 Å². The first-order valence-electron chi connectivity index (χ1n) is 7.86. The average molecular weight is 356 g/mol. The number of aromatic nitrogens is 2. The van der Waals surface area contributed by atoms with E-state index in [0.29, 0.717) is 11.8 Å². The number of ether oxygens (including phenoxy) is 1. The molecule has 128 valence electrons. The van der Waals surface area contributed by atoms with Gasteiger partial charge in [-0.2, -0.15) is 0 Å². The summed E-state index contributed by atoms with van der Waals surface area (Å²) < 4.78 is 20.2. The highest BCUT2D eigenvalue weighted by Crippen LogP contribution is 2.29. The van der Waals surface area contributed by atoms with Crippen molar-refractivity contribution in [3.63, 3.8) is 0 Å². The lowest BCUT2D eigenvalue weighted by Gasteiger charge is -2.12. The molecule has 6 heteroatoms. The molecule has 4 nitrogen and oxygen atoms in total. The van der Waals surface area contributed by atoms with E-state index in [4.69, 9.17) is 4.74 Å². The van der Waals surface area contributed by atoms with E-state index in [1.807, 2.05) is 34.9 Å². The molecule has 3 aromatic rings. The van der Waals surface area contributed by atoms with Gasteiger partial charge >= 0.3 is 5.97 Å². The lowest BCUT2D eigenvalue weighted by Crippen LogP contribution is -2.08. The van der Waals surface area contributed by atoms with E-state index in [1.54, 1.807) is 25.3 Å². The Labute approximate surface area is 149 Å². The molecule has 1 aromatic heterocycles. The van der Waals surface area contributed by atoms with Crippen LogP contribution >= 0.6 is 11.8 Å². The highest BCUT2D eigenvalue weighted by Gasteiger charge is 2.15. The van der Waals surface area contributed by atoms with Crippen LogP contribution in [0.1, 0.15) is 6.92 Å². The van der Waals surface area contributed by atoms with Crippen LogP contribution in [-0.2, 0) is 9.53 Å². The zero-order chi connectivity index (χ0) is 17.6. The van der Waals surface area contributed by atoms with Crippen LogP contribution in [0.25, 0.3) is 16.9 Å². The summed E-state index contributed by atoms with van der Waals surface area (Å²) in [7, 11) is 0. The van der Waals surface area contributed by atoms with Gasteiger partial charge in [0.05, 0.1) is 24.3 Å². The van der Waals surface area contributed by atoms with Crippen molar-refractivity contribution in [2.45, 2.75) is 12.1 Å². The maximum atomic E-state index is 13.3. The normalized spacial score (nSPS) is 10.6. The molecule has 0 radical (unpaired) electrons. The Morgan fingerprint density at radius 2 is 1.88 bits per heavy atom. The van der Waals surface area contributed by atoms with Gasteiger partial charge in [-0.15, -0.1) is 0 Å². The number of esters is 1. The minimum Gasteiger partial charge on any atom is -0.465 e. The molecule has 0 aliphatic heterocycles. The number of nitrogens with zero attached hydrogens (tertiary/aromatic N) is 2. The molecular formula is C19H17FN2O2S. The number of rotatable bonds is 6. The van der Waals surface area contributed by atoms with Crippen LogP contribution in [0.3, 0.4) is 0 Å². The van der Waals surface area contributed by atoms with E-state index >= 15 is 0 Å². The Bertz CT molecular complexity index is 848. The number of imidazole rings is 1. The second-order valence-corrected chi connectivity index (χ2v) is 6.14. The molecule has 0 saturated heterocycles. The summed E-state index contributed by atoms with van der Waals surface area (Å²) in [4.78, 5) is 16.1. The second-order valence-electron chi connectivity index (χ2n) is 5.20. The quantitative estimate of drug-likeness (QED) is 0.487. The molecule has 0 bridgehead atoms. The van der Waals surface area contributed by atoms with Gasteiger partial charge in [-0.05, 0) is 31.2 Å². The molecule has 1 heterocycles. The molecule has 0 aliphatic rings. The van der Waals surface area contributed by atoms with Crippen LogP contribution in [0.15, 0.2) is 66.0 Å². The number of hydrogen-bond acceptors (Lipinski definition) is 4. The smallest absolute Gasteiger partial charge is 0.316 e. The van der Waals surface area contributed by atoms with Gasteiger partial charge in [0.2, 0.25) is 0 Å². The fraction of sp³-hybridized carbons (Fsp3) is 0.158. The molecule has 0 aliphatic carbocycles. The van der Waals surface area contributed by atoms with Gasteiger partial charge in [0.25, 0.3) is 0 Å². The van der Waals surface area contributed by atoms with Crippen molar-refractivity contribution in [3.8, 4) is 16.9 Å². The molecule has 0 spiro atoms. The minimum absolute atomic E-state index is 0.167. The van der Waals surface area contributed by atoms with Crippen molar-refractivity contribution in [2.24, 2.45) is 0 Å². The van der Waals surface area contributed by atoms with Gasteiger partial charge in [0.1, 0.15) is 5.82 Å². The Morgan fingerprint density at radius 1 is 1.16 bits per heavy atom. The van der Waals surface area contributed by atoms with Crippen LogP contribution in [0.2, 0.25) is 0 Å². The van der Waals surface area contributed by atoms with Gasteiger partial charge in [-0.1, -0.05) is 42.1 Å². The van der Waals surface area contributed by atoms with E-state index in [0.717, 1.165) is 16.9 Å². The van der Waals surface area contributed by atoms with E-state index in [9.17, 15) is 9.18 Å². The minimum atomic E-state index is -0.300. The van der Waals surface area contributed by atoms with Gasteiger partial charge in [0, 0.05) is 11.3 Å². The van der Waals surface area contributed by atoms with Crippen molar-refractivity contribution >= 4 is 17.7 Å². The zero-order valence-electron chi connectivity index (χ0n) is 13.7. The number of carbonyl (C=O) groups is 1. The predicted molar refractivity (Wildman–Crippen MR) is 96.3 cm³/mol. The second kappa shape index (κ2) is 7.98. The van der Waals surface area contributed by atoms with Crippen LogP contribution in [0, 0.1) is 5.82 Å². The fourth-order valence-corrected chi connectivity index (χ4v) is 3.21. The predicted octanol–water partition coefficient (Wildman–Crippen LogP) is 4.33. The molecule has 25 heavy (non-hydrogen) atoms. The Balaban J connectivity index is 1.99. The van der Waals surface area contributed by atoms with Gasteiger partial charge in [0.15, 0.2) is 5.16 Å². The topological polar surface area (TPSA) is 44.1 Å². The molecule has 0 saturated carbocycles. The van der Waals surface area contributed by atoms with Crippen molar-refractivity contribution in [3.05, 3.63) is 66.6 Å². The largest absolute Gasteiger partial charge is 0.465 e. The lowest BCUT2D eigenvalue weighted by atomic mass is 10.1. The summed E-state index contributed by atoms with van der Waals surface area (Å²) in [6.45, 7) is 2.12. The van der Waals surface area contributed by atoms with E-state index < -0.39 is 0 Å². The summed E-state index contributed by atoms with van der Waals surface area (Å²) >= 11 is 1.29. The van der Waals surface area contributed by atoms with Crippen molar-refractivity contribution in [1.82, 2.24) is 9.55 Å². The summed E-state index contributed by atoms with van der Waals surface area (Å²) in [5.74, 6) is -0.423. The van der Waals surface area contributed by atoms with E-state index in [1.165, 1.54) is 23.9 Å². The maximum Gasteiger partial charge on any atom is 0.316 e. The SMILES string of the molecule is CCOC(=O)CSc1ncc(-c2ccccc2)n1-c1ccc(F)cc1. The highest BCUT2D eigenvalue weighted by atomic mass is 32.2. The number of carbonyl (C=O) groups excluding carboxylic acids is 1. The highest BCUT2D eigenvalue weighted by molar-refractivity contribution is 7.99. The average Bonchev–Trinajstić information content (AvgIpc) is 3.05. The molecular weight excluding hydrogens is 339 g/mol. The monoisotopic (exact) mass is 356 g/mol. The maximum absolute atomic E-state index is 13.3. The third kappa shape index (κ3) is 4.09. The molecule has 0 fully saturated rings. The van der Waals surface area contributed by atoms with Crippen molar-refractivity contribution in [2.75, 3.05) is 12.4 Å². The fourth-order valence-electron chi connectivity index (χ4n) is 2.42.